The summed E-state index contributed by atoms with van der Waals surface area (Å²) in [5, 5.41) is 3.41. The third-order valence-corrected chi connectivity index (χ3v) is 3.08. The van der Waals surface area contributed by atoms with Crippen LogP contribution in [0.3, 0.4) is 0 Å². The molecule has 2 nitrogen and oxygen atoms in total. The van der Waals surface area contributed by atoms with Crippen molar-refractivity contribution in [1.82, 2.24) is 0 Å². The lowest BCUT2D eigenvalue weighted by Gasteiger charge is -2.18. The van der Waals surface area contributed by atoms with Gasteiger partial charge in [0.15, 0.2) is 0 Å². The van der Waals surface area contributed by atoms with Gasteiger partial charge in [0.2, 0.25) is 0 Å². The first-order valence-corrected chi connectivity index (χ1v) is 5.87. The Morgan fingerprint density at radius 2 is 2.19 bits per heavy atom. The van der Waals surface area contributed by atoms with E-state index in [0.29, 0.717) is 11.6 Å². The molecule has 0 amide bonds. The Kier molecular flexibility index (Phi) is 3.78. The summed E-state index contributed by atoms with van der Waals surface area (Å²) in [7, 11) is 0. The molecule has 1 saturated heterocycles. The van der Waals surface area contributed by atoms with Crippen molar-refractivity contribution in [1.29, 1.82) is 0 Å². The Bertz CT molecular complexity index is 346. The van der Waals surface area contributed by atoms with Crippen LogP contribution in [0.15, 0.2) is 18.2 Å². The van der Waals surface area contributed by atoms with Crippen LogP contribution in [-0.4, -0.2) is 19.3 Å². The summed E-state index contributed by atoms with van der Waals surface area (Å²) in [5.41, 5.74) is 1.61. The minimum Gasteiger partial charge on any atom is -0.382 e. The fraction of sp³-hybridized carbons (Fsp3) is 0.538. The van der Waals surface area contributed by atoms with E-state index in [1.807, 2.05) is 13.0 Å². The first kappa shape index (κ1) is 11.4. The molecule has 1 atom stereocenters. The van der Waals surface area contributed by atoms with Gasteiger partial charge < -0.3 is 10.1 Å². The van der Waals surface area contributed by atoms with Crippen LogP contribution < -0.4 is 5.32 Å². The molecule has 1 aromatic rings. The molecule has 0 aromatic heterocycles. The Balaban J connectivity index is 2.04. The van der Waals surface area contributed by atoms with E-state index in [4.69, 9.17) is 4.74 Å². The van der Waals surface area contributed by atoms with Gasteiger partial charge in [0, 0.05) is 30.5 Å². The number of nitrogens with one attached hydrogen (secondary N) is 1. The normalized spacial score (nSPS) is 21.5. The van der Waals surface area contributed by atoms with Gasteiger partial charge in [0.05, 0.1) is 0 Å². The van der Waals surface area contributed by atoms with Crippen LogP contribution in [0.2, 0.25) is 0 Å². The van der Waals surface area contributed by atoms with Crippen LogP contribution in [0.1, 0.15) is 24.8 Å². The highest BCUT2D eigenvalue weighted by molar-refractivity contribution is 5.51. The highest BCUT2D eigenvalue weighted by Gasteiger charge is 2.13. The summed E-state index contributed by atoms with van der Waals surface area (Å²) in [5.74, 6) is -0.144. The molecule has 1 aliphatic rings. The van der Waals surface area contributed by atoms with Gasteiger partial charge in [-0.3, -0.25) is 0 Å². The lowest BCUT2D eigenvalue weighted by molar-refractivity contribution is 0.144. The van der Waals surface area contributed by atoms with Gasteiger partial charge in [-0.25, -0.2) is 4.39 Å². The molecular weight excluding hydrogens is 205 g/mol. The maximum Gasteiger partial charge on any atom is 0.128 e. The molecule has 1 unspecified atom stereocenters. The van der Waals surface area contributed by atoms with Crippen molar-refractivity contribution in [3.05, 3.63) is 29.6 Å². The van der Waals surface area contributed by atoms with Gasteiger partial charge in [0.25, 0.3) is 0 Å². The number of anilines is 1. The Morgan fingerprint density at radius 1 is 1.31 bits per heavy atom. The van der Waals surface area contributed by atoms with Gasteiger partial charge in [-0.05, 0) is 38.3 Å². The van der Waals surface area contributed by atoms with Crippen LogP contribution in [0.5, 0.6) is 0 Å². The SMILES string of the molecule is Cc1c(F)cccc1NC1CCCOCC1. The maximum atomic E-state index is 13.3. The first-order valence-electron chi connectivity index (χ1n) is 5.87. The molecule has 0 aliphatic carbocycles. The number of rotatable bonds is 2. The van der Waals surface area contributed by atoms with Gasteiger partial charge >= 0.3 is 0 Å². The molecule has 0 radical (unpaired) electrons. The fourth-order valence-electron chi connectivity index (χ4n) is 2.03. The Labute approximate surface area is 95.8 Å². The van der Waals surface area contributed by atoms with Crippen molar-refractivity contribution in [2.24, 2.45) is 0 Å². The minimum absolute atomic E-state index is 0.144. The summed E-state index contributed by atoms with van der Waals surface area (Å²) >= 11 is 0. The van der Waals surface area contributed by atoms with E-state index in [1.165, 1.54) is 6.07 Å². The van der Waals surface area contributed by atoms with E-state index < -0.39 is 0 Å². The number of hydrogen-bond acceptors (Lipinski definition) is 2. The van der Waals surface area contributed by atoms with Crippen molar-refractivity contribution in [3.63, 3.8) is 0 Å². The molecule has 3 heteroatoms. The molecule has 0 spiro atoms. The van der Waals surface area contributed by atoms with E-state index in [0.717, 1.165) is 38.2 Å². The second-order valence-corrected chi connectivity index (χ2v) is 4.30. The van der Waals surface area contributed by atoms with Gasteiger partial charge in [-0.15, -0.1) is 0 Å². The average Bonchev–Trinajstić information content (AvgIpc) is 2.53. The van der Waals surface area contributed by atoms with Crippen molar-refractivity contribution in [3.8, 4) is 0 Å². The molecule has 1 aromatic carbocycles. The van der Waals surface area contributed by atoms with Crippen molar-refractivity contribution < 1.29 is 9.13 Å². The predicted octanol–water partition coefficient (Wildman–Crippen LogP) is 3.12. The number of ether oxygens (including phenoxy) is 1. The smallest absolute Gasteiger partial charge is 0.128 e. The van der Waals surface area contributed by atoms with Crippen LogP contribution in [0.4, 0.5) is 10.1 Å². The van der Waals surface area contributed by atoms with Gasteiger partial charge in [-0.2, -0.15) is 0 Å². The molecule has 1 N–H and O–H groups in total. The average molecular weight is 223 g/mol. The molecule has 1 fully saturated rings. The van der Waals surface area contributed by atoms with Gasteiger partial charge in [-0.1, -0.05) is 6.07 Å². The standard InChI is InChI=1S/C13H18FNO/c1-10-12(14)5-2-6-13(10)15-11-4-3-8-16-9-7-11/h2,5-6,11,15H,3-4,7-9H2,1H3. The number of hydrogen-bond donors (Lipinski definition) is 1. The number of halogens is 1. The van der Waals surface area contributed by atoms with Crippen molar-refractivity contribution in [2.75, 3.05) is 18.5 Å². The quantitative estimate of drug-likeness (QED) is 0.831. The summed E-state index contributed by atoms with van der Waals surface area (Å²) in [6, 6.07) is 5.58. The van der Waals surface area contributed by atoms with Crippen molar-refractivity contribution >= 4 is 5.69 Å². The summed E-state index contributed by atoms with van der Waals surface area (Å²) in [6.07, 6.45) is 3.16. The molecular formula is C13H18FNO. The Morgan fingerprint density at radius 3 is 3.06 bits per heavy atom. The summed E-state index contributed by atoms with van der Waals surface area (Å²) in [4.78, 5) is 0. The van der Waals surface area contributed by atoms with E-state index in [9.17, 15) is 4.39 Å². The lowest BCUT2D eigenvalue weighted by atomic mass is 10.1. The fourth-order valence-corrected chi connectivity index (χ4v) is 2.03. The monoisotopic (exact) mass is 223 g/mol. The molecule has 0 bridgehead atoms. The summed E-state index contributed by atoms with van der Waals surface area (Å²) < 4.78 is 18.8. The van der Waals surface area contributed by atoms with Crippen LogP contribution in [-0.2, 0) is 4.74 Å². The van der Waals surface area contributed by atoms with Gasteiger partial charge in [0.1, 0.15) is 5.82 Å². The number of benzene rings is 1. The maximum absolute atomic E-state index is 13.3. The van der Waals surface area contributed by atoms with Crippen LogP contribution in [0.25, 0.3) is 0 Å². The molecule has 2 rings (SSSR count). The zero-order chi connectivity index (χ0) is 11.4. The third-order valence-electron chi connectivity index (χ3n) is 3.08. The zero-order valence-corrected chi connectivity index (χ0v) is 9.63. The Hall–Kier alpha value is -1.09. The molecule has 1 aliphatic heterocycles. The van der Waals surface area contributed by atoms with Crippen LogP contribution >= 0.6 is 0 Å². The largest absolute Gasteiger partial charge is 0.382 e. The summed E-state index contributed by atoms with van der Waals surface area (Å²) in [6.45, 7) is 3.46. The highest BCUT2D eigenvalue weighted by Crippen LogP contribution is 2.21. The molecule has 16 heavy (non-hydrogen) atoms. The predicted molar refractivity (Wildman–Crippen MR) is 63.2 cm³/mol. The first-order chi connectivity index (χ1) is 7.77. The molecule has 1 heterocycles. The molecule has 88 valence electrons. The lowest BCUT2D eigenvalue weighted by Crippen LogP contribution is -2.20. The minimum atomic E-state index is -0.144. The second kappa shape index (κ2) is 5.30. The molecule has 0 saturated carbocycles. The second-order valence-electron chi connectivity index (χ2n) is 4.30. The van der Waals surface area contributed by atoms with Crippen LogP contribution in [0, 0.1) is 12.7 Å². The van der Waals surface area contributed by atoms with E-state index in [2.05, 4.69) is 5.32 Å². The topological polar surface area (TPSA) is 21.3 Å². The van der Waals surface area contributed by atoms with Crippen molar-refractivity contribution in [2.45, 2.75) is 32.2 Å². The van der Waals surface area contributed by atoms with E-state index >= 15 is 0 Å². The van der Waals surface area contributed by atoms with E-state index in [1.54, 1.807) is 6.07 Å². The highest BCUT2D eigenvalue weighted by atomic mass is 19.1. The third kappa shape index (κ3) is 2.73. The zero-order valence-electron chi connectivity index (χ0n) is 9.63. The van der Waals surface area contributed by atoms with E-state index in [-0.39, 0.29) is 5.82 Å².